The Morgan fingerprint density at radius 3 is 2.71 bits per heavy atom. The third kappa shape index (κ3) is 5.17. The fraction of sp³-hybridized carbons (Fsp3) is 0.929. The van der Waals surface area contributed by atoms with E-state index in [1.54, 1.807) is 6.92 Å². The van der Waals surface area contributed by atoms with Crippen LogP contribution in [0.2, 0.25) is 0 Å². The molecule has 3 heteroatoms. The molecule has 0 aromatic carbocycles. The maximum absolute atomic E-state index is 10.8. The normalized spacial score (nSPS) is 22.0. The number of nitrogens with one attached hydrogen (secondary N) is 1. The van der Waals surface area contributed by atoms with Gasteiger partial charge < -0.3 is 15.0 Å². The van der Waals surface area contributed by atoms with Crippen molar-refractivity contribution in [3.63, 3.8) is 0 Å². The first-order chi connectivity index (χ1) is 7.92. The lowest BCUT2D eigenvalue weighted by Gasteiger charge is -2.32. The molecule has 1 unspecified atom stereocenters. The van der Waals surface area contributed by atoms with E-state index < -0.39 is 0 Å². The summed E-state index contributed by atoms with van der Waals surface area (Å²) >= 11 is 0. The first-order valence-corrected chi connectivity index (χ1v) is 6.80. The van der Waals surface area contributed by atoms with Crippen LogP contribution in [0.5, 0.6) is 0 Å². The topological polar surface area (TPSA) is 32.3 Å². The molecular weight excluding hydrogens is 212 g/mol. The van der Waals surface area contributed by atoms with Crippen LogP contribution < -0.4 is 5.32 Å². The molecule has 0 aromatic heterocycles. The molecule has 1 aliphatic heterocycles. The highest BCUT2D eigenvalue weighted by atomic mass is 16.1. The Hall–Kier alpha value is -0.410. The summed E-state index contributed by atoms with van der Waals surface area (Å²) in [5.74, 6) is 1.09. The molecule has 0 aromatic rings. The molecule has 1 saturated heterocycles. The molecule has 1 fully saturated rings. The van der Waals surface area contributed by atoms with Gasteiger partial charge in [-0.1, -0.05) is 13.8 Å². The zero-order valence-electron chi connectivity index (χ0n) is 11.9. The lowest BCUT2D eigenvalue weighted by atomic mass is 9.78. The Morgan fingerprint density at radius 1 is 1.47 bits per heavy atom. The van der Waals surface area contributed by atoms with E-state index in [0.29, 0.717) is 17.6 Å². The van der Waals surface area contributed by atoms with Gasteiger partial charge in [0.1, 0.15) is 5.78 Å². The predicted octanol–water partition coefficient (Wildman–Crippen LogP) is 1.92. The van der Waals surface area contributed by atoms with E-state index in [9.17, 15) is 4.79 Å². The molecule has 3 nitrogen and oxygen atoms in total. The van der Waals surface area contributed by atoms with Crippen molar-refractivity contribution in [3.8, 4) is 0 Å². The van der Waals surface area contributed by atoms with Gasteiger partial charge >= 0.3 is 0 Å². The number of rotatable bonds is 7. The molecule has 1 atom stereocenters. The summed E-state index contributed by atoms with van der Waals surface area (Å²) in [6, 6.07) is 0. The lowest BCUT2D eigenvalue weighted by Crippen LogP contribution is -2.37. The summed E-state index contributed by atoms with van der Waals surface area (Å²) < 4.78 is 0. The van der Waals surface area contributed by atoms with Gasteiger partial charge in [-0.15, -0.1) is 0 Å². The molecule has 1 N–H and O–H groups in total. The summed E-state index contributed by atoms with van der Waals surface area (Å²) in [4.78, 5) is 13.2. The molecular formula is C14H28N2O. The first-order valence-electron chi connectivity index (χ1n) is 6.80. The van der Waals surface area contributed by atoms with Crippen LogP contribution in [0.4, 0.5) is 0 Å². The SMILES string of the molecule is CC(=O)CCCNCC(C)(C)C1CCN(C)C1. The van der Waals surface area contributed by atoms with Crippen molar-refractivity contribution in [2.24, 2.45) is 11.3 Å². The number of carbonyl (C=O) groups excluding carboxylic acids is 1. The quantitative estimate of drug-likeness (QED) is 0.690. The number of hydrogen-bond acceptors (Lipinski definition) is 3. The second kappa shape index (κ2) is 6.50. The van der Waals surface area contributed by atoms with E-state index in [2.05, 4.69) is 31.1 Å². The van der Waals surface area contributed by atoms with Crippen LogP contribution in [0.15, 0.2) is 0 Å². The number of nitrogens with zero attached hydrogens (tertiary/aromatic N) is 1. The van der Waals surface area contributed by atoms with Gasteiger partial charge in [-0.05, 0) is 51.2 Å². The van der Waals surface area contributed by atoms with Gasteiger partial charge in [0.2, 0.25) is 0 Å². The number of Topliss-reactive ketones (excluding diaryl/α,β-unsaturated/α-hetero) is 1. The van der Waals surface area contributed by atoms with Crippen molar-refractivity contribution in [1.29, 1.82) is 0 Å². The molecule has 0 saturated carbocycles. The highest BCUT2D eigenvalue weighted by molar-refractivity contribution is 5.75. The average Bonchev–Trinajstić information content (AvgIpc) is 2.64. The Bertz CT molecular complexity index is 251. The van der Waals surface area contributed by atoms with E-state index in [1.807, 2.05) is 0 Å². The summed E-state index contributed by atoms with van der Waals surface area (Å²) in [6.45, 7) is 10.9. The third-order valence-corrected chi connectivity index (χ3v) is 3.96. The Morgan fingerprint density at radius 2 is 2.18 bits per heavy atom. The monoisotopic (exact) mass is 240 g/mol. The molecule has 1 heterocycles. The highest BCUT2D eigenvalue weighted by Crippen LogP contribution is 2.33. The molecule has 1 rings (SSSR count). The van der Waals surface area contributed by atoms with E-state index in [0.717, 1.165) is 25.4 Å². The predicted molar refractivity (Wildman–Crippen MR) is 72.2 cm³/mol. The van der Waals surface area contributed by atoms with Crippen molar-refractivity contribution in [3.05, 3.63) is 0 Å². The van der Waals surface area contributed by atoms with Crippen molar-refractivity contribution in [2.45, 2.75) is 40.0 Å². The molecule has 100 valence electrons. The highest BCUT2D eigenvalue weighted by Gasteiger charge is 2.33. The summed E-state index contributed by atoms with van der Waals surface area (Å²) in [5, 5.41) is 3.50. The fourth-order valence-electron chi connectivity index (χ4n) is 2.59. The average molecular weight is 240 g/mol. The van der Waals surface area contributed by atoms with Gasteiger partial charge in [0.15, 0.2) is 0 Å². The summed E-state index contributed by atoms with van der Waals surface area (Å²) in [6.07, 6.45) is 2.99. The van der Waals surface area contributed by atoms with Crippen LogP contribution >= 0.6 is 0 Å². The summed E-state index contributed by atoms with van der Waals surface area (Å²) in [7, 11) is 2.20. The third-order valence-electron chi connectivity index (χ3n) is 3.96. The minimum atomic E-state index is 0.295. The van der Waals surface area contributed by atoms with Crippen LogP contribution in [0.3, 0.4) is 0 Å². The lowest BCUT2D eigenvalue weighted by molar-refractivity contribution is -0.117. The van der Waals surface area contributed by atoms with Crippen LogP contribution in [0, 0.1) is 11.3 Å². The second-order valence-electron chi connectivity index (χ2n) is 6.22. The van der Waals surface area contributed by atoms with Gasteiger partial charge in [0, 0.05) is 19.5 Å². The minimum Gasteiger partial charge on any atom is -0.316 e. The standard InChI is InChI=1S/C14H28N2O/c1-12(17)6-5-8-15-11-14(2,3)13-7-9-16(4)10-13/h13,15H,5-11H2,1-4H3. The van der Waals surface area contributed by atoms with Crippen LogP contribution in [0.25, 0.3) is 0 Å². The number of carbonyl (C=O) groups is 1. The first kappa shape index (κ1) is 14.7. The Kier molecular flexibility index (Phi) is 5.60. The molecule has 0 spiro atoms. The van der Waals surface area contributed by atoms with Crippen molar-refractivity contribution in [1.82, 2.24) is 10.2 Å². The Balaban J connectivity index is 2.18. The van der Waals surface area contributed by atoms with Crippen LogP contribution in [0.1, 0.15) is 40.0 Å². The second-order valence-corrected chi connectivity index (χ2v) is 6.22. The van der Waals surface area contributed by atoms with E-state index >= 15 is 0 Å². The van der Waals surface area contributed by atoms with Gasteiger partial charge in [-0.25, -0.2) is 0 Å². The van der Waals surface area contributed by atoms with Crippen molar-refractivity contribution >= 4 is 5.78 Å². The largest absolute Gasteiger partial charge is 0.316 e. The number of likely N-dealkylation sites (tertiary alicyclic amines) is 1. The Labute approximate surface area is 106 Å². The maximum Gasteiger partial charge on any atom is 0.129 e. The van der Waals surface area contributed by atoms with Gasteiger partial charge in [0.05, 0.1) is 0 Å². The molecule has 0 radical (unpaired) electrons. The molecule has 1 aliphatic rings. The van der Waals surface area contributed by atoms with E-state index in [-0.39, 0.29) is 0 Å². The minimum absolute atomic E-state index is 0.295. The fourth-order valence-corrected chi connectivity index (χ4v) is 2.59. The zero-order chi connectivity index (χ0) is 12.9. The van der Waals surface area contributed by atoms with Crippen LogP contribution in [-0.2, 0) is 4.79 Å². The van der Waals surface area contributed by atoms with Gasteiger partial charge in [0.25, 0.3) is 0 Å². The van der Waals surface area contributed by atoms with Crippen molar-refractivity contribution in [2.75, 3.05) is 33.2 Å². The molecule has 0 bridgehead atoms. The molecule has 17 heavy (non-hydrogen) atoms. The summed E-state index contributed by atoms with van der Waals surface area (Å²) in [5.41, 5.74) is 0.362. The van der Waals surface area contributed by atoms with Gasteiger partial charge in [-0.3, -0.25) is 0 Å². The molecule has 0 amide bonds. The van der Waals surface area contributed by atoms with Crippen molar-refractivity contribution < 1.29 is 4.79 Å². The van der Waals surface area contributed by atoms with E-state index in [1.165, 1.54) is 19.5 Å². The maximum atomic E-state index is 10.8. The number of hydrogen-bond donors (Lipinski definition) is 1. The zero-order valence-corrected chi connectivity index (χ0v) is 11.9. The number of ketones is 1. The smallest absolute Gasteiger partial charge is 0.129 e. The van der Waals surface area contributed by atoms with Crippen LogP contribution in [-0.4, -0.2) is 43.9 Å². The van der Waals surface area contributed by atoms with E-state index in [4.69, 9.17) is 0 Å². The van der Waals surface area contributed by atoms with Gasteiger partial charge in [-0.2, -0.15) is 0 Å². The molecule has 0 aliphatic carbocycles.